The second-order valence-electron chi connectivity index (χ2n) is 10.2. The minimum absolute atomic E-state index is 0. The van der Waals surface area contributed by atoms with Gasteiger partial charge in [0.1, 0.15) is 0 Å². The molecule has 6 rings (SSSR count). The van der Waals surface area contributed by atoms with Gasteiger partial charge in [0, 0.05) is 24.9 Å². The van der Waals surface area contributed by atoms with Crippen LogP contribution in [0.1, 0.15) is 22.3 Å². The zero-order chi connectivity index (χ0) is 33.6. The molecule has 0 aromatic heterocycles. The zero-order valence-corrected chi connectivity index (χ0v) is 30.3. The molecule has 0 radical (unpaired) electrons. The largest absolute Gasteiger partial charge is 4.00 e. The first-order chi connectivity index (χ1) is 23.5. The summed E-state index contributed by atoms with van der Waals surface area (Å²) in [5.41, 5.74) is 4.56. The Hall–Kier alpha value is -5.75. The molecule has 0 aliphatic rings. The van der Waals surface area contributed by atoms with Crippen LogP contribution in [0, 0.1) is 31.1 Å². The standard InChI is InChI=1S/2C20H16N2O2.U/c2*23-19-11-5-1-7-15(19)13-21-17-9-3-4-10-18(17)22-14-16-8-2-6-12-20(16)24;/h2*1-14,23-24H;/q;;+4/p-4. The molecule has 6 aromatic rings. The molecule has 0 N–H and O–H groups in total. The Morgan fingerprint density at radius 1 is 0.286 bits per heavy atom. The predicted molar refractivity (Wildman–Crippen MR) is 185 cm³/mol. The van der Waals surface area contributed by atoms with E-state index >= 15 is 0 Å². The minimum atomic E-state index is -0.0810. The fraction of sp³-hybridized carbons (Fsp3) is 0. The molecule has 0 atom stereocenters. The third kappa shape index (κ3) is 10.6. The van der Waals surface area contributed by atoms with E-state index in [2.05, 4.69) is 20.0 Å². The van der Waals surface area contributed by atoms with Gasteiger partial charge in [0.05, 0.1) is 22.7 Å². The molecule has 0 spiro atoms. The van der Waals surface area contributed by atoms with Gasteiger partial charge in [-0.15, -0.1) is 23.0 Å². The molecular formula is C40H28N4O4U. The van der Waals surface area contributed by atoms with Crippen molar-refractivity contribution in [1.82, 2.24) is 0 Å². The van der Waals surface area contributed by atoms with Crippen LogP contribution in [0.15, 0.2) is 166 Å². The summed E-state index contributed by atoms with van der Waals surface area (Å²) in [6.45, 7) is 0. The van der Waals surface area contributed by atoms with Gasteiger partial charge in [-0.1, -0.05) is 121 Å². The number of nitrogens with zero attached hydrogens (tertiary/aromatic N) is 4. The van der Waals surface area contributed by atoms with Crippen molar-refractivity contribution in [2.45, 2.75) is 0 Å². The number of para-hydroxylation sites is 8. The van der Waals surface area contributed by atoms with Crippen molar-refractivity contribution in [2.75, 3.05) is 0 Å². The Bertz CT molecular complexity index is 1810. The van der Waals surface area contributed by atoms with E-state index in [1.807, 2.05) is 24.3 Å². The Morgan fingerprint density at radius 2 is 0.469 bits per heavy atom. The van der Waals surface area contributed by atoms with Crippen molar-refractivity contribution in [3.63, 3.8) is 0 Å². The summed E-state index contributed by atoms with van der Waals surface area (Å²) in [7, 11) is 0. The van der Waals surface area contributed by atoms with Crippen LogP contribution in [-0.4, -0.2) is 24.9 Å². The van der Waals surface area contributed by atoms with Gasteiger partial charge in [0.15, 0.2) is 0 Å². The van der Waals surface area contributed by atoms with Crippen LogP contribution < -0.4 is 20.4 Å². The first-order valence-electron chi connectivity index (χ1n) is 14.9. The van der Waals surface area contributed by atoms with Gasteiger partial charge in [0.2, 0.25) is 0 Å². The minimum Gasteiger partial charge on any atom is -0.872 e. The molecule has 8 nitrogen and oxygen atoms in total. The molecule has 0 unspecified atom stereocenters. The molecule has 236 valence electrons. The van der Waals surface area contributed by atoms with E-state index in [0.29, 0.717) is 45.0 Å². The maximum absolute atomic E-state index is 11.7. The summed E-state index contributed by atoms with van der Waals surface area (Å²) in [4.78, 5) is 17.4. The van der Waals surface area contributed by atoms with Crippen LogP contribution >= 0.6 is 0 Å². The number of hydrogen-bond donors (Lipinski definition) is 0. The molecule has 0 amide bonds. The van der Waals surface area contributed by atoms with Crippen molar-refractivity contribution in [3.05, 3.63) is 168 Å². The zero-order valence-electron chi connectivity index (χ0n) is 26.1. The summed E-state index contributed by atoms with van der Waals surface area (Å²) in [5.74, 6) is -0.324. The first kappa shape index (κ1) is 36.1. The Kier molecular flexibility index (Phi) is 13.7. The van der Waals surface area contributed by atoms with Gasteiger partial charge in [-0.3, -0.25) is 20.0 Å². The molecule has 9 heteroatoms. The molecule has 49 heavy (non-hydrogen) atoms. The summed E-state index contributed by atoms with van der Waals surface area (Å²) in [6.07, 6.45) is 6.10. The molecule has 6 aromatic carbocycles. The normalized spacial score (nSPS) is 11.1. The maximum Gasteiger partial charge on any atom is 4.00 e. The Morgan fingerprint density at radius 3 is 0.673 bits per heavy atom. The second-order valence-corrected chi connectivity index (χ2v) is 10.2. The molecule has 0 saturated carbocycles. The van der Waals surface area contributed by atoms with Gasteiger partial charge < -0.3 is 20.4 Å². The van der Waals surface area contributed by atoms with Crippen LogP contribution in [-0.2, 0) is 0 Å². The van der Waals surface area contributed by atoms with E-state index in [1.54, 1.807) is 97.1 Å². The summed E-state index contributed by atoms with van der Waals surface area (Å²) >= 11 is 0. The van der Waals surface area contributed by atoms with Crippen molar-refractivity contribution in [1.29, 1.82) is 0 Å². The van der Waals surface area contributed by atoms with Crippen LogP contribution in [0.5, 0.6) is 23.0 Å². The van der Waals surface area contributed by atoms with Gasteiger partial charge in [-0.25, -0.2) is 0 Å². The van der Waals surface area contributed by atoms with Crippen LogP contribution in [0.4, 0.5) is 22.7 Å². The quantitative estimate of drug-likeness (QED) is 0.158. The third-order valence-corrected chi connectivity index (χ3v) is 6.81. The van der Waals surface area contributed by atoms with E-state index in [9.17, 15) is 20.4 Å². The van der Waals surface area contributed by atoms with Gasteiger partial charge >= 0.3 is 31.1 Å². The molecule has 0 bridgehead atoms. The van der Waals surface area contributed by atoms with Crippen LogP contribution in [0.2, 0.25) is 0 Å². The predicted octanol–water partition coefficient (Wildman–Crippen LogP) is 6.67. The van der Waals surface area contributed by atoms with Crippen LogP contribution in [0.3, 0.4) is 0 Å². The van der Waals surface area contributed by atoms with Crippen molar-refractivity contribution >= 4 is 47.6 Å². The average Bonchev–Trinajstić information content (AvgIpc) is 3.11. The summed E-state index contributed by atoms with van der Waals surface area (Å²) < 4.78 is 0. The fourth-order valence-electron chi connectivity index (χ4n) is 4.27. The smallest absolute Gasteiger partial charge is 0.872 e. The van der Waals surface area contributed by atoms with E-state index in [0.717, 1.165) is 0 Å². The SMILES string of the molecule is [O-]c1ccccc1C=Nc1ccccc1N=Cc1ccccc1[O-].[O-]c1ccccc1C=Nc1ccccc1N=Cc1ccccc1[O-].[U+4]. The Balaban J connectivity index is 0.000000216. The monoisotopic (exact) mass is 866 g/mol. The van der Waals surface area contributed by atoms with Crippen molar-refractivity contribution in [2.24, 2.45) is 20.0 Å². The average molecular weight is 867 g/mol. The second kappa shape index (κ2) is 18.6. The molecule has 0 saturated heterocycles. The van der Waals surface area contributed by atoms with Crippen molar-refractivity contribution < 1.29 is 51.5 Å². The van der Waals surface area contributed by atoms with Gasteiger partial charge in [-0.2, -0.15) is 0 Å². The van der Waals surface area contributed by atoms with Crippen molar-refractivity contribution in [3.8, 4) is 23.0 Å². The Labute approximate surface area is 308 Å². The van der Waals surface area contributed by atoms with Gasteiger partial charge in [-0.05, 0) is 46.5 Å². The maximum atomic E-state index is 11.7. The van der Waals surface area contributed by atoms with Crippen LogP contribution in [0.25, 0.3) is 0 Å². The summed E-state index contributed by atoms with van der Waals surface area (Å²) in [6, 6.07) is 41.4. The molecule has 0 aliphatic heterocycles. The molecule has 0 heterocycles. The van der Waals surface area contributed by atoms with E-state index in [4.69, 9.17) is 0 Å². The van der Waals surface area contributed by atoms with Gasteiger partial charge in [0.25, 0.3) is 0 Å². The molecular weight excluding hydrogens is 838 g/mol. The number of hydrogen-bond acceptors (Lipinski definition) is 8. The molecule has 0 aliphatic carbocycles. The number of rotatable bonds is 8. The number of aliphatic imine (C=N–C) groups is 4. The fourth-order valence-corrected chi connectivity index (χ4v) is 4.27. The van der Waals surface area contributed by atoms with E-state index in [-0.39, 0.29) is 54.1 Å². The van der Waals surface area contributed by atoms with E-state index in [1.165, 1.54) is 49.1 Å². The molecule has 0 fully saturated rings. The van der Waals surface area contributed by atoms with E-state index < -0.39 is 0 Å². The first-order valence-corrected chi connectivity index (χ1v) is 14.9. The third-order valence-electron chi connectivity index (χ3n) is 6.81. The number of benzene rings is 6. The summed E-state index contributed by atoms with van der Waals surface area (Å²) in [5, 5.41) is 46.9. The topological polar surface area (TPSA) is 142 Å².